The average Bonchev–Trinajstić information content (AvgIpc) is 2.93. The summed E-state index contributed by atoms with van der Waals surface area (Å²) in [6, 6.07) is 10.4. The van der Waals surface area contributed by atoms with Crippen molar-refractivity contribution < 1.29 is 9.53 Å². The van der Waals surface area contributed by atoms with Crippen LogP contribution in [-0.2, 0) is 35.5 Å². The van der Waals surface area contributed by atoms with E-state index in [1.807, 2.05) is 6.07 Å². The topological polar surface area (TPSA) is 68.2 Å². The molecule has 1 aromatic heterocycles. The molecule has 0 aliphatic carbocycles. The fraction of sp³-hybridized carbons (Fsp3) is 0.500. The van der Waals surface area contributed by atoms with Gasteiger partial charge in [-0.05, 0) is 36.6 Å². The third-order valence-corrected chi connectivity index (χ3v) is 5.13. The number of nitrogens with one attached hydrogen (secondary N) is 2. The van der Waals surface area contributed by atoms with Crippen molar-refractivity contribution in [2.75, 3.05) is 19.7 Å². The highest BCUT2D eigenvalue weighted by atomic mass is 16.5. The predicted molar refractivity (Wildman–Crippen MR) is 98.7 cm³/mol. The van der Waals surface area contributed by atoms with Crippen molar-refractivity contribution in [2.45, 2.75) is 44.9 Å². The van der Waals surface area contributed by atoms with Gasteiger partial charge >= 0.3 is 0 Å². The largest absolute Gasteiger partial charge is 0.371 e. The molecule has 2 aliphatic rings. The van der Waals surface area contributed by atoms with E-state index in [1.165, 1.54) is 16.8 Å². The maximum Gasteiger partial charge on any atom is 0.220 e. The van der Waals surface area contributed by atoms with Crippen LogP contribution in [0, 0.1) is 0 Å². The number of nitrogens with zero attached hydrogens (tertiary/aromatic N) is 2. The SMILES string of the molecule is O=C(CCc1cc2n(n1)CCCNC2)NCC1OCCc2ccccc21. The second-order valence-corrected chi connectivity index (χ2v) is 6.99. The number of aryl methyl sites for hydroxylation is 2. The van der Waals surface area contributed by atoms with Crippen molar-refractivity contribution in [1.29, 1.82) is 0 Å². The van der Waals surface area contributed by atoms with Crippen LogP contribution in [0.25, 0.3) is 0 Å². The number of hydrogen-bond acceptors (Lipinski definition) is 4. The number of amides is 1. The monoisotopic (exact) mass is 354 g/mol. The van der Waals surface area contributed by atoms with E-state index >= 15 is 0 Å². The molecule has 0 bridgehead atoms. The fourth-order valence-electron chi connectivity index (χ4n) is 3.73. The van der Waals surface area contributed by atoms with Crippen molar-refractivity contribution in [2.24, 2.45) is 0 Å². The predicted octanol–water partition coefficient (Wildman–Crippen LogP) is 1.74. The molecule has 0 spiro atoms. The van der Waals surface area contributed by atoms with Crippen molar-refractivity contribution in [3.8, 4) is 0 Å². The number of aromatic nitrogens is 2. The lowest BCUT2D eigenvalue weighted by Crippen LogP contribution is -2.32. The Morgan fingerprint density at radius 1 is 1.38 bits per heavy atom. The highest BCUT2D eigenvalue weighted by molar-refractivity contribution is 5.76. The van der Waals surface area contributed by atoms with Crippen LogP contribution in [0.4, 0.5) is 0 Å². The summed E-state index contributed by atoms with van der Waals surface area (Å²) in [6.45, 7) is 4.09. The summed E-state index contributed by atoms with van der Waals surface area (Å²) in [4.78, 5) is 12.3. The van der Waals surface area contributed by atoms with Crippen LogP contribution >= 0.6 is 0 Å². The Kier molecular flexibility index (Phi) is 5.32. The minimum absolute atomic E-state index is 0.0429. The van der Waals surface area contributed by atoms with E-state index in [1.54, 1.807) is 0 Å². The second-order valence-electron chi connectivity index (χ2n) is 6.99. The molecule has 2 N–H and O–H groups in total. The first-order valence-electron chi connectivity index (χ1n) is 9.52. The smallest absolute Gasteiger partial charge is 0.220 e. The second kappa shape index (κ2) is 8.01. The van der Waals surface area contributed by atoms with Gasteiger partial charge in [-0.3, -0.25) is 9.48 Å². The molecule has 138 valence electrons. The number of hydrogen-bond donors (Lipinski definition) is 2. The van der Waals surface area contributed by atoms with Crippen molar-refractivity contribution in [1.82, 2.24) is 20.4 Å². The van der Waals surface area contributed by atoms with E-state index in [2.05, 4.69) is 44.7 Å². The molecule has 26 heavy (non-hydrogen) atoms. The van der Waals surface area contributed by atoms with Crippen molar-refractivity contribution in [3.05, 3.63) is 52.8 Å². The maximum atomic E-state index is 12.3. The fourth-order valence-corrected chi connectivity index (χ4v) is 3.73. The standard InChI is InChI=1S/C20H26N4O2/c25-20(7-6-16-12-17-13-21-9-3-10-24(17)23-16)22-14-19-18-5-2-1-4-15(18)8-11-26-19/h1-2,4-5,12,19,21H,3,6-11,13-14H2,(H,22,25). The molecular weight excluding hydrogens is 328 g/mol. The van der Waals surface area contributed by atoms with E-state index in [4.69, 9.17) is 4.74 Å². The molecule has 1 amide bonds. The van der Waals surface area contributed by atoms with Gasteiger partial charge in [0.2, 0.25) is 5.91 Å². The minimum atomic E-state index is -0.0429. The first kappa shape index (κ1) is 17.2. The summed E-state index contributed by atoms with van der Waals surface area (Å²) >= 11 is 0. The molecule has 0 fully saturated rings. The van der Waals surface area contributed by atoms with Gasteiger partial charge in [0.25, 0.3) is 0 Å². The van der Waals surface area contributed by atoms with Crippen molar-refractivity contribution >= 4 is 5.91 Å². The van der Waals surface area contributed by atoms with Crippen LogP contribution in [0.1, 0.15) is 41.5 Å². The first-order chi connectivity index (χ1) is 12.8. The molecule has 2 aliphatic heterocycles. The Labute approximate surface area is 153 Å². The normalized spacial score (nSPS) is 19.3. The maximum absolute atomic E-state index is 12.3. The van der Waals surface area contributed by atoms with Gasteiger partial charge in [0.15, 0.2) is 0 Å². The summed E-state index contributed by atoms with van der Waals surface area (Å²) in [6.07, 6.45) is 3.13. The van der Waals surface area contributed by atoms with Crippen LogP contribution in [0.5, 0.6) is 0 Å². The Bertz CT molecular complexity index is 747. The third-order valence-electron chi connectivity index (χ3n) is 5.13. The molecule has 1 unspecified atom stereocenters. The zero-order chi connectivity index (χ0) is 17.8. The lowest BCUT2D eigenvalue weighted by molar-refractivity contribution is -0.121. The van der Waals surface area contributed by atoms with Crippen LogP contribution in [-0.4, -0.2) is 35.4 Å². The van der Waals surface area contributed by atoms with Crippen LogP contribution in [0.3, 0.4) is 0 Å². The highest BCUT2D eigenvalue weighted by Gasteiger charge is 2.21. The van der Waals surface area contributed by atoms with Crippen molar-refractivity contribution in [3.63, 3.8) is 0 Å². The van der Waals surface area contributed by atoms with Gasteiger partial charge < -0.3 is 15.4 Å². The molecule has 1 aromatic carbocycles. The number of fused-ring (bicyclic) bond motifs is 2. The van der Waals surface area contributed by atoms with Crippen LogP contribution < -0.4 is 10.6 Å². The van der Waals surface area contributed by atoms with Crippen LogP contribution in [0.2, 0.25) is 0 Å². The lowest BCUT2D eigenvalue weighted by Gasteiger charge is -2.26. The van der Waals surface area contributed by atoms with Gasteiger partial charge in [-0.2, -0.15) is 5.10 Å². The van der Waals surface area contributed by atoms with Gasteiger partial charge in [0.1, 0.15) is 6.10 Å². The number of ether oxygens (including phenoxy) is 1. The number of carbonyl (C=O) groups is 1. The zero-order valence-corrected chi connectivity index (χ0v) is 15.0. The molecule has 0 saturated carbocycles. The Morgan fingerprint density at radius 3 is 3.27 bits per heavy atom. The highest BCUT2D eigenvalue weighted by Crippen LogP contribution is 2.26. The summed E-state index contributed by atoms with van der Waals surface area (Å²) < 4.78 is 7.92. The molecule has 6 heteroatoms. The Morgan fingerprint density at radius 2 is 2.31 bits per heavy atom. The quantitative estimate of drug-likeness (QED) is 0.858. The molecule has 0 saturated heterocycles. The number of rotatable bonds is 5. The van der Waals surface area contributed by atoms with E-state index in [9.17, 15) is 4.79 Å². The van der Waals surface area contributed by atoms with E-state index in [-0.39, 0.29) is 12.0 Å². The van der Waals surface area contributed by atoms with Gasteiger partial charge in [0.05, 0.1) is 18.0 Å². The summed E-state index contributed by atoms with van der Waals surface area (Å²) in [5.74, 6) is 0.0537. The summed E-state index contributed by atoms with van der Waals surface area (Å²) in [7, 11) is 0. The lowest BCUT2D eigenvalue weighted by atomic mass is 9.97. The number of carbonyl (C=O) groups excluding carboxylic acids is 1. The van der Waals surface area contributed by atoms with Gasteiger partial charge in [-0.15, -0.1) is 0 Å². The number of benzene rings is 1. The summed E-state index contributed by atoms with van der Waals surface area (Å²) in [5, 5.41) is 11.1. The molecule has 3 heterocycles. The molecule has 6 nitrogen and oxygen atoms in total. The minimum Gasteiger partial charge on any atom is -0.371 e. The molecular formula is C20H26N4O2. The van der Waals surface area contributed by atoms with Gasteiger partial charge in [0, 0.05) is 32.5 Å². The van der Waals surface area contributed by atoms with E-state index < -0.39 is 0 Å². The van der Waals surface area contributed by atoms with E-state index in [0.717, 1.165) is 38.2 Å². The summed E-state index contributed by atoms with van der Waals surface area (Å²) in [5.41, 5.74) is 4.73. The Hall–Kier alpha value is -2.18. The average molecular weight is 354 g/mol. The third kappa shape index (κ3) is 3.97. The first-order valence-corrected chi connectivity index (χ1v) is 9.52. The molecule has 1 atom stereocenters. The zero-order valence-electron chi connectivity index (χ0n) is 15.0. The molecule has 0 radical (unpaired) electrons. The molecule has 4 rings (SSSR count). The Balaban J connectivity index is 1.27. The molecule has 2 aromatic rings. The van der Waals surface area contributed by atoms with Crippen LogP contribution in [0.15, 0.2) is 30.3 Å². The van der Waals surface area contributed by atoms with Gasteiger partial charge in [-0.1, -0.05) is 24.3 Å². The van der Waals surface area contributed by atoms with E-state index in [0.29, 0.717) is 26.0 Å². The van der Waals surface area contributed by atoms with Gasteiger partial charge in [-0.25, -0.2) is 0 Å².